The van der Waals surface area contributed by atoms with Crippen molar-refractivity contribution in [3.8, 4) is 0 Å². The number of hydrogen-bond donors (Lipinski definition) is 0. The topological polar surface area (TPSA) is 85.2 Å². The molecule has 1 saturated heterocycles. The first-order chi connectivity index (χ1) is 9.96. The van der Waals surface area contributed by atoms with E-state index in [1.807, 2.05) is 6.92 Å². The molecule has 0 saturated carbocycles. The van der Waals surface area contributed by atoms with Gasteiger partial charge in [-0.25, -0.2) is 8.42 Å². The van der Waals surface area contributed by atoms with Crippen molar-refractivity contribution >= 4 is 15.7 Å². The summed E-state index contributed by atoms with van der Waals surface area (Å²) in [4.78, 5) is 13.7. The Balaban J connectivity index is 1.98. The van der Waals surface area contributed by atoms with Crippen molar-refractivity contribution in [2.75, 3.05) is 13.1 Å². The van der Waals surface area contributed by atoms with Gasteiger partial charge < -0.3 is 9.47 Å². The summed E-state index contributed by atoms with van der Waals surface area (Å²) in [7, 11) is -1.84. The van der Waals surface area contributed by atoms with Gasteiger partial charge in [-0.05, 0) is 19.3 Å². The number of amides is 1. The number of unbranched alkanes of at least 4 members (excludes halogenated alkanes) is 1. The summed E-state index contributed by atoms with van der Waals surface area (Å²) in [5.41, 5.74) is 0. The van der Waals surface area contributed by atoms with Crippen LogP contribution in [-0.2, 0) is 21.7 Å². The number of piperidine rings is 1. The number of hydrogen-bond acceptors (Lipinski definition) is 5. The van der Waals surface area contributed by atoms with E-state index in [4.69, 9.17) is 0 Å². The molecule has 1 aromatic heterocycles. The molecule has 118 valence electrons. The van der Waals surface area contributed by atoms with Crippen molar-refractivity contribution in [1.29, 1.82) is 0 Å². The fraction of sp³-hybridized carbons (Fsp3) is 0.769. The fourth-order valence-corrected chi connectivity index (χ4v) is 4.32. The quantitative estimate of drug-likeness (QED) is 0.801. The molecule has 0 aliphatic carbocycles. The van der Waals surface area contributed by atoms with Gasteiger partial charge in [0.25, 0.3) is 0 Å². The van der Waals surface area contributed by atoms with E-state index in [1.54, 1.807) is 11.9 Å². The van der Waals surface area contributed by atoms with Crippen LogP contribution >= 0.6 is 0 Å². The maximum Gasteiger partial charge on any atom is 0.249 e. The molecule has 2 heterocycles. The number of aromatic nitrogens is 3. The summed E-state index contributed by atoms with van der Waals surface area (Å²) in [6.45, 7) is 3.06. The van der Waals surface area contributed by atoms with Gasteiger partial charge in [-0.3, -0.25) is 4.79 Å². The third-order valence-corrected chi connectivity index (χ3v) is 6.13. The lowest BCUT2D eigenvalue weighted by atomic mass is 10.1. The SMILES string of the molecule is CCCCC(=O)N1CCC(S(=O)(=O)c2nncn2C)CC1. The summed E-state index contributed by atoms with van der Waals surface area (Å²) in [6.07, 6.45) is 4.74. The first kappa shape index (κ1) is 15.9. The van der Waals surface area contributed by atoms with Crippen LogP contribution in [0.2, 0.25) is 0 Å². The summed E-state index contributed by atoms with van der Waals surface area (Å²) in [5, 5.41) is 6.87. The van der Waals surface area contributed by atoms with Gasteiger partial charge in [0.2, 0.25) is 20.9 Å². The minimum absolute atomic E-state index is 0.0123. The van der Waals surface area contributed by atoms with E-state index in [9.17, 15) is 13.2 Å². The minimum atomic E-state index is -3.46. The van der Waals surface area contributed by atoms with Crippen molar-refractivity contribution in [3.05, 3.63) is 6.33 Å². The Morgan fingerprint density at radius 2 is 2.05 bits per heavy atom. The normalized spacial score (nSPS) is 17.1. The predicted octanol–water partition coefficient (Wildman–Crippen LogP) is 0.770. The molecule has 0 aromatic carbocycles. The fourth-order valence-electron chi connectivity index (χ4n) is 2.58. The van der Waals surface area contributed by atoms with Crippen LogP contribution in [0.5, 0.6) is 0 Å². The van der Waals surface area contributed by atoms with Gasteiger partial charge in [-0.15, -0.1) is 10.2 Å². The number of likely N-dealkylation sites (tertiary alicyclic amines) is 1. The lowest BCUT2D eigenvalue weighted by Gasteiger charge is -2.31. The first-order valence-corrected chi connectivity index (χ1v) is 8.87. The lowest BCUT2D eigenvalue weighted by Crippen LogP contribution is -2.42. The number of sulfone groups is 1. The monoisotopic (exact) mass is 314 g/mol. The molecule has 1 aliphatic heterocycles. The van der Waals surface area contributed by atoms with Crippen LogP contribution in [0.1, 0.15) is 39.0 Å². The van der Waals surface area contributed by atoms with Crippen LogP contribution in [0, 0.1) is 0 Å². The van der Waals surface area contributed by atoms with Crippen LogP contribution in [0.25, 0.3) is 0 Å². The largest absolute Gasteiger partial charge is 0.343 e. The van der Waals surface area contributed by atoms with E-state index in [1.165, 1.54) is 10.9 Å². The Hall–Kier alpha value is -1.44. The average molecular weight is 314 g/mol. The third-order valence-electron chi connectivity index (χ3n) is 3.90. The zero-order valence-electron chi connectivity index (χ0n) is 12.5. The van der Waals surface area contributed by atoms with E-state index in [2.05, 4.69) is 10.2 Å². The van der Waals surface area contributed by atoms with E-state index < -0.39 is 15.1 Å². The summed E-state index contributed by atoms with van der Waals surface area (Å²) >= 11 is 0. The zero-order chi connectivity index (χ0) is 15.5. The molecule has 0 spiro atoms. The molecule has 0 atom stereocenters. The molecule has 1 amide bonds. The minimum Gasteiger partial charge on any atom is -0.343 e. The summed E-state index contributed by atoms with van der Waals surface area (Å²) in [6, 6.07) is 0. The highest BCUT2D eigenvalue weighted by molar-refractivity contribution is 7.91. The smallest absolute Gasteiger partial charge is 0.249 e. The number of carbonyl (C=O) groups excluding carboxylic acids is 1. The molecular weight excluding hydrogens is 292 g/mol. The van der Waals surface area contributed by atoms with Crippen molar-refractivity contribution in [3.63, 3.8) is 0 Å². The van der Waals surface area contributed by atoms with Crippen LogP contribution in [0.4, 0.5) is 0 Å². The number of aryl methyl sites for hydroxylation is 1. The second-order valence-electron chi connectivity index (χ2n) is 5.45. The van der Waals surface area contributed by atoms with E-state index in [-0.39, 0.29) is 11.1 Å². The third kappa shape index (κ3) is 3.42. The lowest BCUT2D eigenvalue weighted by molar-refractivity contribution is -0.132. The van der Waals surface area contributed by atoms with Gasteiger partial charge in [-0.2, -0.15) is 0 Å². The molecule has 1 fully saturated rings. The van der Waals surface area contributed by atoms with Crippen molar-refractivity contribution in [1.82, 2.24) is 19.7 Å². The van der Waals surface area contributed by atoms with Crippen molar-refractivity contribution < 1.29 is 13.2 Å². The molecule has 1 aromatic rings. The summed E-state index contributed by atoms with van der Waals surface area (Å²) in [5.74, 6) is 0.131. The zero-order valence-corrected chi connectivity index (χ0v) is 13.3. The molecule has 0 bridgehead atoms. The van der Waals surface area contributed by atoms with Crippen LogP contribution in [0.3, 0.4) is 0 Å². The van der Waals surface area contributed by atoms with Crippen molar-refractivity contribution in [2.45, 2.75) is 49.4 Å². The van der Waals surface area contributed by atoms with Gasteiger partial charge in [0.1, 0.15) is 6.33 Å². The van der Waals surface area contributed by atoms with Crippen LogP contribution < -0.4 is 0 Å². The first-order valence-electron chi connectivity index (χ1n) is 7.32. The maximum atomic E-state index is 12.5. The van der Waals surface area contributed by atoms with Crippen LogP contribution in [0.15, 0.2) is 11.5 Å². The number of nitrogens with zero attached hydrogens (tertiary/aromatic N) is 4. The molecule has 8 heteroatoms. The van der Waals surface area contributed by atoms with Gasteiger partial charge in [0, 0.05) is 26.6 Å². The Morgan fingerprint density at radius 1 is 1.38 bits per heavy atom. The van der Waals surface area contributed by atoms with E-state index >= 15 is 0 Å². The predicted molar refractivity (Wildman–Crippen MR) is 77.3 cm³/mol. The second-order valence-corrected chi connectivity index (χ2v) is 7.57. The van der Waals surface area contributed by atoms with Gasteiger partial charge in [0.15, 0.2) is 0 Å². The highest BCUT2D eigenvalue weighted by Crippen LogP contribution is 2.23. The molecule has 0 unspecified atom stereocenters. The molecule has 0 N–H and O–H groups in total. The van der Waals surface area contributed by atoms with Crippen LogP contribution in [-0.4, -0.2) is 52.3 Å². The second kappa shape index (κ2) is 6.55. The molecule has 21 heavy (non-hydrogen) atoms. The standard InChI is InChI=1S/C13H22N4O3S/c1-3-4-5-12(18)17-8-6-11(7-9-17)21(19,20)13-15-14-10-16(13)2/h10-11H,3-9H2,1-2H3. The molecule has 1 aliphatic rings. The maximum absolute atomic E-state index is 12.5. The molecule has 0 radical (unpaired) electrons. The van der Waals surface area contributed by atoms with E-state index in [0.717, 1.165) is 12.8 Å². The van der Waals surface area contributed by atoms with Gasteiger partial charge in [0.05, 0.1) is 5.25 Å². The van der Waals surface area contributed by atoms with Gasteiger partial charge >= 0.3 is 0 Å². The Kier molecular flexibility index (Phi) is 4.97. The summed E-state index contributed by atoms with van der Waals surface area (Å²) < 4.78 is 26.4. The average Bonchev–Trinajstić information content (AvgIpc) is 2.92. The highest BCUT2D eigenvalue weighted by atomic mass is 32.2. The van der Waals surface area contributed by atoms with E-state index in [0.29, 0.717) is 32.4 Å². The van der Waals surface area contributed by atoms with Gasteiger partial charge in [-0.1, -0.05) is 13.3 Å². The molecule has 7 nitrogen and oxygen atoms in total. The Bertz CT molecular complexity index is 588. The molecular formula is C13H22N4O3S. The number of rotatable bonds is 5. The molecule has 2 rings (SSSR count). The Labute approximate surface area is 125 Å². The Morgan fingerprint density at radius 3 is 2.57 bits per heavy atom. The highest BCUT2D eigenvalue weighted by Gasteiger charge is 2.35. The van der Waals surface area contributed by atoms with Crippen molar-refractivity contribution in [2.24, 2.45) is 7.05 Å². The number of carbonyl (C=O) groups is 1.